The fourth-order valence-electron chi connectivity index (χ4n) is 1.21. The number of nitrogens with one attached hydrogen (secondary N) is 1. The van der Waals surface area contributed by atoms with Crippen molar-refractivity contribution in [2.75, 3.05) is 27.2 Å². The van der Waals surface area contributed by atoms with Crippen molar-refractivity contribution in [2.45, 2.75) is 6.42 Å². The third-order valence-electron chi connectivity index (χ3n) is 2.06. The number of rotatable bonds is 5. The minimum absolute atomic E-state index is 0.108. The Balaban J connectivity index is 2.32. The van der Waals surface area contributed by atoms with E-state index in [2.05, 4.69) is 15.2 Å². The van der Waals surface area contributed by atoms with Crippen LogP contribution in [-0.2, 0) is 0 Å². The lowest BCUT2D eigenvalue weighted by Gasteiger charge is -2.09. The Hall–Kier alpha value is -1.13. The molecule has 0 radical (unpaired) electrons. The zero-order valence-corrected chi connectivity index (χ0v) is 10.3. The summed E-state index contributed by atoms with van der Waals surface area (Å²) in [6.07, 6.45) is 2.41. The molecule has 16 heavy (non-hydrogen) atoms. The summed E-state index contributed by atoms with van der Waals surface area (Å²) in [5.74, 6) is -0.108. The highest BCUT2D eigenvalue weighted by Crippen LogP contribution is 2.04. The maximum atomic E-state index is 11.6. The molecule has 4 nitrogen and oxygen atoms in total. The highest BCUT2D eigenvalue weighted by molar-refractivity contribution is 6.29. The van der Waals surface area contributed by atoms with Gasteiger partial charge >= 0.3 is 0 Å². The van der Waals surface area contributed by atoms with Gasteiger partial charge in [-0.2, -0.15) is 0 Å². The van der Waals surface area contributed by atoms with Crippen molar-refractivity contribution in [1.82, 2.24) is 15.2 Å². The van der Waals surface area contributed by atoms with Crippen LogP contribution >= 0.6 is 11.6 Å². The molecule has 1 amide bonds. The van der Waals surface area contributed by atoms with E-state index in [4.69, 9.17) is 11.6 Å². The average Bonchev–Trinajstić information content (AvgIpc) is 2.25. The van der Waals surface area contributed by atoms with Gasteiger partial charge in [0.1, 0.15) is 5.15 Å². The Morgan fingerprint density at radius 1 is 1.50 bits per heavy atom. The molecule has 0 saturated carbocycles. The molecule has 0 aromatic carbocycles. The molecule has 5 heteroatoms. The van der Waals surface area contributed by atoms with Gasteiger partial charge in [0, 0.05) is 12.7 Å². The lowest BCUT2D eigenvalue weighted by atomic mass is 10.2. The smallest absolute Gasteiger partial charge is 0.252 e. The van der Waals surface area contributed by atoms with Crippen molar-refractivity contribution in [3.8, 4) is 0 Å². The molecule has 0 saturated heterocycles. The van der Waals surface area contributed by atoms with E-state index in [1.54, 1.807) is 12.1 Å². The predicted octanol–water partition coefficient (Wildman–Crippen LogP) is 1.42. The fraction of sp³-hybridized carbons (Fsp3) is 0.455. The van der Waals surface area contributed by atoms with Crippen LogP contribution < -0.4 is 5.32 Å². The van der Waals surface area contributed by atoms with Crippen molar-refractivity contribution >= 4 is 17.5 Å². The summed E-state index contributed by atoms with van der Waals surface area (Å²) in [4.78, 5) is 17.5. The van der Waals surface area contributed by atoms with Crippen LogP contribution in [0.25, 0.3) is 0 Å². The monoisotopic (exact) mass is 241 g/mol. The van der Waals surface area contributed by atoms with Gasteiger partial charge in [0.15, 0.2) is 0 Å². The van der Waals surface area contributed by atoms with E-state index in [0.29, 0.717) is 17.3 Å². The van der Waals surface area contributed by atoms with Crippen LogP contribution in [0.1, 0.15) is 16.8 Å². The summed E-state index contributed by atoms with van der Waals surface area (Å²) in [5.41, 5.74) is 0.536. The number of aromatic nitrogens is 1. The third-order valence-corrected chi connectivity index (χ3v) is 2.28. The summed E-state index contributed by atoms with van der Waals surface area (Å²) in [6.45, 7) is 1.62. The topological polar surface area (TPSA) is 45.2 Å². The molecule has 0 atom stereocenters. The van der Waals surface area contributed by atoms with E-state index >= 15 is 0 Å². The number of hydrogen-bond acceptors (Lipinski definition) is 3. The molecule has 0 aliphatic heterocycles. The van der Waals surface area contributed by atoms with Crippen LogP contribution in [0.15, 0.2) is 18.3 Å². The molecule has 0 bridgehead atoms. The van der Waals surface area contributed by atoms with Crippen molar-refractivity contribution in [2.24, 2.45) is 0 Å². The molecular formula is C11H16ClN3O. The van der Waals surface area contributed by atoms with Crippen LogP contribution in [0.4, 0.5) is 0 Å². The van der Waals surface area contributed by atoms with Crippen molar-refractivity contribution in [3.63, 3.8) is 0 Å². The van der Waals surface area contributed by atoms with Crippen LogP contribution in [0.5, 0.6) is 0 Å². The van der Waals surface area contributed by atoms with Gasteiger partial charge in [-0.1, -0.05) is 11.6 Å². The Morgan fingerprint density at radius 2 is 2.25 bits per heavy atom. The standard InChI is InChI=1S/C11H16ClN3O/c1-15(2)7-3-6-13-11(16)9-4-5-10(12)14-8-9/h4-5,8H,3,6-7H2,1-2H3,(H,13,16). The Labute approximate surface area is 101 Å². The van der Waals surface area contributed by atoms with E-state index in [1.165, 1.54) is 6.20 Å². The van der Waals surface area contributed by atoms with Gasteiger partial charge in [-0.15, -0.1) is 0 Å². The SMILES string of the molecule is CN(C)CCCNC(=O)c1ccc(Cl)nc1. The summed E-state index contributed by atoms with van der Waals surface area (Å²) in [7, 11) is 4.01. The quantitative estimate of drug-likeness (QED) is 0.627. The van der Waals surface area contributed by atoms with Crippen LogP contribution in [0.3, 0.4) is 0 Å². The molecule has 1 aromatic heterocycles. The lowest BCUT2D eigenvalue weighted by Crippen LogP contribution is -2.27. The third kappa shape index (κ3) is 4.59. The van der Waals surface area contributed by atoms with E-state index in [-0.39, 0.29) is 5.91 Å². The van der Waals surface area contributed by atoms with Gasteiger partial charge in [-0.25, -0.2) is 4.98 Å². The number of carbonyl (C=O) groups is 1. The first-order chi connectivity index (χ1) is 7.59. The fourth-order valence-corrected chi connectivity index (χ4v) is 1.32. The molecule has 0 aliphatic rings. The molecule has 1 rings (SSSR count). The molecular weight excluding hydrogens is 226 g/mol. The molecule has 0 spiro atoms. The summed E-state index contributed by atoms with van der Waals surface area (Å²) in [5, 5.41) is 3.22. The van der Waals surface area contributed by atoms with Crippen molar-refractivity contribution in [3.05, 3.63) is 29.0 Å². The first-order valence-electron chi connectivity index (χ1n) is 5.14. The molecule has 88 valence electrons. The normalized spacial score (nSPS) is 10.5. The minimum Gasteiger partial charge on any atom is -0.352 e. The first-order valence-corrected chi connectivity index (χ1v) is 5.52. The number of amides is 1. The number of carbonyl (C=O) groups excluding carboxylic acids is 1. The highest BCUT2D eigenvalue weighted by Gasteiger charge is 2.04. The van der Waals surface area contributed by atoms with Crippen LogP contribution in [0, 0.1) is 0 Å². The maximum Gasteiger partial charge on any atom is 0.252 e. The van der Waals surface area contributed by atoms with E-state index in [0.717, 1.165) is 13.0 Å². The summed E-state index contributed by atoms with van der Waals surface area (Å²) in [6, 6.07) is 3.27. The van der Waals surface area contributed by atoms with Crippen LogP contribution in [-0.4, -0.2) is 43.0 Å². The van der Waals surface area contributed by atoms with Gasteiger partial charge in [-0.05, 0) is 39.2 Å². The molecule has 1 N–H and O–H groups in total. The van der Waals surface area contributed by atoms with Gasteiger partial charge in [0.2, 0.25) is 0 Å². The maximum absolute atomic E-state index is 11.6. The second-order valence-electron chi connectivity index (χ2n) is 3.78. The van der Waals surface area contributed by atoms with Crippen LogP contribution in [0.2, 0.25) is 5.15 Å². The number of nitrogens with zero attached hydrogens (tertiary/aromatic N) is 2. The summed E-state index contributed by atoms with van der Waals surface area (Å²) < 4.78 is 0. The Bertz CT molecular complexity index is 338. The largest absolute Gasteiger partial charge is 0.352 e. The van der Waals surface area contributed by atoms with E-state index < -0.39 is 0 Å². The van der Waals surface area contributed by atoms with Gasteiger partial charge in [0.25, 0.3) is 5.91 Å². The zero-order valence-electron chi connectivity index (χ0n) is 9.53. The second kappa shape index (κ2) is 6.45. The molecule has 1 aromatic rings. The van der Waals surface area contributed by atoms with Gasteiger partial charge in [-0.3, -0.25) is 4.79 Å². The Kier molecular flexibility index (Phi) is 5.22. The molecule has 0 aliphatic carbocycles. The molecule has 0 fully saturated rings. The minimum atomic E-state index is -0.108. The Morgan fingerprint density at radius 3 is 2.81 bits per heavy atom. The number of halogens is 1. The van der Waals surface area contributed by atoms with Gasteiger partial charge in [0.05, 0.1) is 5.56 Å². The molecule has 0 unspecified atom stereocenters. The van der Waals surface area contributed by atoms with E-state index in [1.807, 2.05) is 14.1 Å². The van der Waals surface area contributed by atoms with E-state index in [9.17, 15) is 4.79 Å². The first kappa shape index (κ1) is 12.9. The average molecular weight is 242 g/mol. The number of hydrogen-bond donors (Lipinski definition) is 1. The van der Waals surface area contributed by atoms with Gasteiger partial charge < -0.3 is 10.2 Å². The zero-order chi connectivity index (χ0) is 12.0. The molecule has 1 heterocycles. The predicted molar refractivity (Wildman–Crippen MR) is 64.8 cm³/mol. The highest BCUT2D eigenvalue weighted by atomic mass is 35.5. The van der Waals surface area contributed by atoms with Crippen molar-refractivity contribution in [1.29, 1.82) is 0 Å². The lowest BCUT2D eigenvalue weighted by molar-refractivity contribution is 0.0952. The number of pyridine rings is 1. The second-order valence-corrected chi connectivity index (χ2v) is 4.17. The summed E-state index contributed by atoms with van der Waals surface area (Å²) >= 11 is 5.63. The van der Waals surface area contributed by atoms with Crippen molar-refractivity contribution < 1.29 is 4.79 Å².